The van der Waals surface area contributed by atoms with Crippen molar-refractivity contribution in [2.24, 2.45) is 0 Å². The molecule has 2 aromatic rings. The monoisotopic (exact) mass is 387 g/mol. The maximum Gasteiger partial charge on any atom is 0.272 e. The van der Waals surface area contributed by atoms with Crippen LogP contribution in [-0.4, -0.2) is 28.9 Å². The Balaban J connectivity index is 2.00. The Morgan fingerprint density at radius 2 is 1.88 bits per heavy atom. The number of nitro groups is 1. The Kier molecular flexibility index (Phi) is 3.75. The predicted octanol–water partition coefficient (Wildman–Crippen LogP) is 2.87. The Morgan fingerprint density at radius 1 is 1.23 bits per heavy atom. The fourth-order valence-electron chi connectivity index (χ4n) is 4.06. The van der Waals surface area contributed by atoms with Crippen LogP contribution in [0.3, 0.4) is 0 Å². The van der Waals surface area contributed by atoms with E-state index in [2.05, 4.69) is 5.32 Å². The van der Waals surface area contributed by atoms with Crippen molar-refractivity contribution in [3.63, 3.8) is 0 Å². The Hall–Kier alpha value is -2.51. The third-order valence-corrected chi connectivity index (χ3v) is 5.76. The molecule has 1 amide bonds. The smallest absolute Gasteiger partial charge is 0.272 e. The zero-order valence-corrected chi connectivity index (χ0v) is 15.3. The lowest BCUT2D eigenvalue weighted by Crippen LogP contribution is -2.50. The van der Waals surface area contributed by atoms with E-state index in [1.54, 1.807) is 31.3 Å². The predicted molar refractivity (Wildman–Crippen MR) is 102 cm³/mol. The molecule has 4 rings (SSSR count). The number of hydrogen-bond donors (Lipinski definition) is 1. The number of benzene rings is 2. The van der Waals surface area contributed by atoms with Crippen LogP contribution in [0.2, 0.25) is 5.02 Å². The first-order valence-corrected chi connectivity index (χ1v) is 8.75. The summed E-state index contributed by atoms with van der Waals surface area (Å²) in [6, 6.07) is 12.9. The number of nitrogens with zero attached hydrogens (tertiary/aromatic N) is 2. The van der Waals surface area contributed by atoms with Crippen molar-refractivity contribution in [2.45, 2.75) is 17.5 Å². The minimum Gasteiger partial charge on any atom is -0.356 e. The Labute approximate surface area is 159 Å². The van der Waals surface area contributed by atoms with E-state index in [4.69, 9.17) is 23.8 Å². The second-order valence-electron chi connectivity index (χ2n) is 6.44. The molecule has 132 valence electrons. The zero-order valence-electron chi connectivity index (χ0n) is 13.7. The van der Waals surface area contributed by atoms with E-state index >= 15 is 0 Å². The van der Waals surface area contributed by atoms with Crippen LogP contribution in [0.5, 0.6) is 0 Å². The highest BCUT2D eigenvalue weighted by molar-refractivity contribution is 7.80. The van der Waals surface area contributed by atoms with Crippen LogP contribution in [0.4, 0.5) is 5.69 Å². The Morgan fingerprint density at radius 3 is 2.54 bits per heavy atom. The first kappa shape index (κ1) is 16.9. The number of rotatable bonds is 2. The van der Waals surface area contributed by atoms with Crippen molar-refractivity contribution >= 4 is 40.4 Å². The number of fused-ring (bicyclic) bond motifs is 2. The van der Waals surface area contributed by atoms with Gasteiger partial charge in [-0.15, -0.1) is 0 Å². The van der Waals surface area contributed by atoms with Gasteiger partial charge in [-0.2, -0.15) is 0 Å². The van der Waals surface area contributed by atoms with Crippen LogP contribution in [0, 0.1) is 10.1 Å². The van der Waals surface area contributed by atoms with Crippen molar-refractivity contribution in [1.29, 1.82) is 0 Å². The van der Waals surface area contributed by atoms with Gasteiger partial charge in [-0.25, -0.2) is 0 Å². The molecular weight excluding hydrogens is 374 g/mol. The van der Waals surface area contributed by atoms with Gasteiger partial charge in [0.05, 0.1) is 5.92 Å². The summed E-state index contributed by atoms with van der Waals surface area (Å²) in [5.41, 5.74) is 0.755. The molecule has 1 saturated heterocycles. The number of amides is 1. The van der Waals surface area contributed by atoms with Crippen molar-refractivity contribution in [3.8, 4) is 0 Å². The second-order valence-corrected chi connectivity index (χ2v) is 7.31. The summed E-state index contributed by atoms with van der Waals surface area (Å²) in [5.74, 6) is -1.04. The van der Waals surface area contributed by atoms with E-state index in [1.807, 2.05) is 24.3 Å². The second kappa shape index (κ2) is 5.75. The lowest BCUT2D eigenvalue weighted by Gasteiger charge is -2.30. The summed E-state index contributed by atoms with van der Waals surface area (Å²) in [6.07, 6.45) is 0. The maximum atomic E-state index is 13.3. The van der Waals surface area contributed by atoms with E-state index in [0.717, 1.165) is 5.69 Å². The molecule has 26 heavy (non-hydrogen) atoms. The standard InChI is InChI=1S/C18H14ClN3O3S/c1-21-13-5-3-2-4-12(13)18(17(21)23)14(10-6-8-11(19)9-7-10)15(22(24)25)16(26)20-18/h2-9,14-15H,1H3,(H,20,26)/t14-,15-,18-/m1/s1. The molecule has 2 aliphatic heterocycles. The van der Waals surface area contributed by atoms with Crippen molar-refractivity contribution in [3.05, 3.63) is 74.8 Å². The minimum atomic E-state index is -1.30. The number of para-hydroxylation sites is 1. The zero-order chi connectivity index (χ0) is 18.6. The van der Waals surface area contributed by atoms with Gasteiger partial charge in [0.1, 0.15) is 0 Å². The lowest BCUT2D eigenvalue weighted by molar-refractivity contribution is -0.505. The van der Waals surface area contributed by atoms with E-state index in [1.165, 1.54) is 4.90 Å². The number of nitrogens with one attached hydrogen (secondary N) is 1. The Bertz CT molecular complexity index is 949. The number of carbonyl (C=O) groups excluding carboxylic acids is 1. The number of thiocarbonyl (C=S) groups is 1. The van der Waals surface area contributed by atoms with Crippen LogP contribution >= 0.6 is 23.8 Å². The molecule has 6 nitrogen and oxygen atoms in total. The molecule has 8 heteroatoms. The van der Waals surface area contributed by atoms with Crippen molar-refractivity contribution in [2.75, 3.05) is 11.9 Å². The summed E-state index contributed by atoms with van der Waals surface area (Å²) >= 11 is 11.3. The molecular formula is C18H14ClN3O3S. The van der Waals surface area contributed by atoms with Crippen LogP contribution in [0.15, 0.2) is 48.5 Å². The van der Waals surface area contributed by atoms with Gasteiger partial charge in [-0.1, -0.05) is 54.2 Å². The molecule has 2 aliphatic rings. The number of likely N-dealkylation sites (N-methyl/N-ethyl adjacent to an activating group) is 1. The van der Waals surface area contributed by atoms with Crippen molar-refractivity contribution < 1.29 is 9.72 Å². The summed E-state index contributed by atoms with van der Waals surface area (Å²) in [4.78, 5) is 26.3. The number of carbonyl (C=O) groups is 1. The summed E-state index contributed by atoms with van der Waals surface area (Å²) in [5, 5.41) is 15.4. The van der Waals surface area contributed by atoms with Gasteiger partial charge in [-0.3, -0.25) is 14.9 Å². The molecule has 0 saturated carbocycles. The maximum absolute atomic E-state index is 13.3. The van der Waals surface area contributed by atoms with E-state index < -0.39 is 22.4 Å². The van der Waals surface area contributed by atoms with E-state index in [-0.39, 0.29) is 10.9 Å². The first-order chi connectivity index (χ1) is 12.4. The third kappa shape index (κ3) is 2.10. The van der Waals surface area contributed by atoms with Crippen LogP contribution in [0.25, 0.3) is 0 Å². The van der Waals surface area contributed by atoms with Crippen molar-refractivity contribution in [1.82, 2.24) is 5.32 Å². The number of hydrogen-bond acceptors (Lipinski definition) is 4. The van der Waals surface area contributed by atoms with Gasteiger partial charge >= 0.3 is 0 Å². The average Bonchev–Trinajstić information content (AvgIpc) is 3.04. The molecule has 0 radical (unpaired) electrons. The summed E-state index contributed by atoms with van der Waals surface area (Å²) < 4.78 is 0. The molecule has 0 bridgehead atoms. The molecule has 1 fully saturated rings. The average molecular weight is 388 g/mol. The van der Waals surface area contributed by atoms with Gasteiger partial charge in [0.2, 0.25) is 0 Å². The topological polar surface area (TPSA) is 75.5 Å². The van der Waals surface area contributed by atoms with Crippen LogP contribution < -0.4 is 10.2 Å². The highest BCUT2D eigenvalue weighted by Crippen LogP contribution is 2.52. The van der Waals surface area contributed by atoms with Crippen LogP contribution in [-0.2, 0) is 10.3 Å². The van der Waals surface area contributed by atoms with Gasteiger partial charge in [0, 0.05) is 28.2 Å². The fourth-order valence-corrected chi connectivity index (χ4v) is 4.57. The molecule has 0 aliphatic carbocycles. The van der Waals surface area contributed by atoms with Gasteiger partial charge < -0.3 is 10.2 Å². The van der Waals surface area contributed by atoms with E-state index in [0.29, 0.717) is 16.1 Å². The normalized spacial score (nSPS) is 26.9. The molecule has 3 atom stereocenters. The minimum absolute atomic E-state index is 0.0633. The number of halogens is 1. The quantitative estimate of drug-likeness (QED) is 0.487. The third-order valence-electron chi connectivity index (χ3n) is 5.16. The largest absolute Gasteiger partial charge is 0.356 e. The SMILES string of the molecule is CN1C(=O)[C@@]2(NC(=S)[C@H]([N+](=O)[O-])[C@H]2c2ccc(Cl)cc2)c2ccccc21. The molecule has 1 N–H and O–H groups in total. The lowest BCUT2D eigenvalue weighted by atomic mass is 9.75. The first-order valence-electron chi connectivity index (χ1n) is 7.96. The van der Waals surface area contributed by atoms with E-state index in [9.17, 15) is 14.9 Å². The molecule has 2 aromatic carbocycles. The molecule has 1 spiro atoms. The van der Waals surface area contributed by atoms with Gasteiger partial charge in [-0.05, 0) is 23.8 Å². The van der Waals surface area contributed by atoms with Gasteiger partial charge in [0.15, 0.2) is 10.5 Å². The molecule has 0 aromatic heterocycles. The highest BCUT2D eigenvalue weighted by atomic mass is 35.5. The summed E-state index contributed by atoms with van der Waals surface area (Å²) in [7, 11) is 1.67. The van der Waals surface area contributed by atoms with Crippen LogP contribution in [0.1, 0.15) is 17.0 Å². The summed E-state index contributed by atoms with van der Waals surface area (Å²) in [6.45, 7) is 0. The molecule has 2 heterocycles. The van der Waals surface area contributed by atoms with Gasteiger partial charge in [0.25, 0.3) is 11.9 Å². The fraction of sp³-hybridized carbons (Fsp3) is 0.222. The molecule has 0 unspecified atom stereocenters. The highest BCUT2D eigenvalue weighted by Gasteiger charge is 2.66. The number of anilines is 1.